The van der Waals surface area contributed by atoms with E-state index >= 15 is 0 Å². The van der Waals surface area contributed by atoms with Crippen molar-refractivity contribution in [3.63, 3.8) is 0 Å². The molecule has 3 heteroatoms. The number of nitrogens with two attached hydrogens (primary N) is 1. The number of nitrogens with zero attached hydrogens (tertiary/aromatic N) is 2. The average Bonchev–Trinajstić information content (AvgIpc) is 2.87. The molecule has 106 valence electrons. The second kappa shape index (κ2) is 6.90. The lowest BCUT2D eigenvalue weighted by molar-refractivity contribution is 0.471. The van der Waals surface area contributed by atoms with Crippen molar-refractivity contribution in [2.75, 3.05) is 0 Å². The lowest BCUT2D eigenvalue weighted by Gasteiger charge is -2.16. The Kier molecular flexibility index (Phi) is 5.20. The van der Waals surface area contributed by atoms with Crippen LogP contribution in [-0.4, -0.2) is 15.8 Å². The largest absolute Gasteiger partial charge is 0.327 e. The molecular weight excluding hydrogens is 234 g/mol. The monoisotopic (exact) mass is 261 g/mol. The van der Waals surface area contributed by atoms with E-state index in [1.807, 2.05) is 0 Å². The summed E-state index contributed by atoms with van der Waals surface area (Å²) in [5.41, 5.74) is 8.95. The lowest BCUT2D eigenvalue weighted by atomic mass is 9.93. The van der Waals surface area contributed by atoms with Crippen LogP contribution in [-0.2, 0) is 6.42 Å². The molecule has 2 unspecified atom stereocenters. The van der Waals surface area contributed by atoms with Crippen LogP contribution in [0.3, 0.4) is 0 Å². The first kappa shape index (κ1) is 14.3. The summed E-state index contributed by atoms with van der Waals surface area (Å²) in [6, 6.07) is 2.80. The minimum atomic E-state index is 0.213. The van der Waals surface area contributed by atoms with E-state index in [9.17, 15) is 0 Å². The summed E-state index contributed by atoms with van der Waals surface area (Å²) >= 11 is 0. The van der Waals surface area contributed by atoms with E-state index in [4.69, 9.17) is 5.73 Å². The molecule has 1 aromatic heterocycles. The van der Waals surface area contributed by atoms with Crippen molar-refractivity contribution in [2.45, 2.75) is 70.9 Å². The summed E-state index contributed by atoms with van der Waals surface area (Å²) in [6.07, 6.45) is 12.7. The first-order valence-electron chi connectivity index (χ1n) is 7.66. The average molecular weight is 261 g/mol. The Bertz CT molecular complexity index is 419. The molecule has 1 aliphatic rings. The van der Waals surface area contributed by atoms with Gasteiger partial charge in [-0.3, -0.25) is 4.68 Å². The van der Waals surface area contributed by atoms with Crippen molar-refractivity contribution in [2.24, 2.45) is 5.73 Å². The van der Waals surface area contributed by atoms with E-state index in [0.717, 1.165) is 25.0 Å². The Hall–Kier alpha value is -1.09. The van der Waals surface area contributed by atoms with E-state index in [1.54, 1.807) is 5.57 Å². The van der Waals surface area contributed by atoms with Gasteiger partial charge in [0.25, 0.3) is 0 Å². The first-order valence-corrected chi connectivity index (χ1v) is 7.66. The zero-order valence-electron chi connectivity index (χ0n) is 12.3. The van der Waals surface area contributed by atoms with Crippen molar-refractivity contribution >= 4 is 0 Å². The molecule has 0 saturated heterocycles. The van der Waals surface area contributed by atoms with Crippen LogP contribution in [0.2, 0.25) is 0 Å². The van der Waals surface area contributed by atoms with E-state index in [1.165, 1.54) is 25.7 Å². The summed E-state index contributed by atoms with van der Waals surface area (Å²) in [6.45, 7) is 4.39. The molecular formula is C16H27N3. The van der Waals surface area contributed by atoms with Gasteiger partial charge in [0.15, 0.2) is 0 Å². The summed E-state index contributed by atoms with van der Waals surface area (Å²) < 4.78 is 2.06. The third-order valence-corrected chi connectivity index (χ3v) is 4.09. The molecule has 1 aliphatic carbocycles. The fourth-order valence-electron chi connectivity index (χ4n) is 2.69. The third-order valence-electron chi connectivity index (χ3n) is 4.09. The Morgan fingerprint density at radius 2 is 2.21 bits per heavy atom. The van der Waals surface area contributed by atoms with Gasteiger partial charge in [-0.15, -0.1) is 0 Å². The summed E-state index contributed by atoms with van der Waals surface area (Å²) in [7, 11) is 0. The summed E-state index contributed by atoms with van der Waals surface area (Å²) in [5, 5.41) is 4.63. The molecule has 2 rings (SSSR count). The second-order valence-corrected chi connectivity index (χ2v) is 5.82. The van der Waals surface area contributed by atoms with Crippen LogP contribution >= 0.6 is 0 Å². The molecule has 0 amide bonds. The molecule has 0 aromatic carbocycles. The van der Waals surface area contributed by atoms with Crippen LogP contribution in [0.25, 0.3) is 0 Å². The van der Waals surface area contributed by atoms with Crippen LogP contribution in [0.15, 0.2) is 23.9 Å². The molecule has 0 aliphatic heterocycles. The predicted octanol–water partition coefficient (Wildman–Crippen LogP) is 3.61. The number of hydrogen-bond donors (Lipinski definition) is 1. The van der Waals surface area contributed by atoms with Gasteiger partial charge in [-0.2, -0.15) is 5.10 Å². The molecule has 0 fully saturated rings. The molecule has 2 N–H and O–H groups in total. The van der Waals surface area contributed by atoms with Gasteiger partial charge in [0.1, 0.15) is 0 Å². The molecule has 0 bridgehead atoms. The maximum atomic E-state index is 6.26. The van der Waals surface area contributed by atoms with Crippen molar-refractivity contribution in [1.82, 2.24) is 9.78 Å². The normalized spacial score (nSPS) is 19.0. The standard InChI is InChI=1S/C16H27N3/c1-3-13(2)19-10-9-16(18-19)12-15(17)11-14-7-5-4-6-8-14/h7,9-10,13,15H,3-6,8,11-12,17H2,1-2H3. The Morgan fingerprint density at radius 3 is 2.89 bits per heavy atom. The van der Waals surface area contributed by atoms with E-state index in [2.05, 4.69) is 42.0 Å². The van der Waals surface area contributed by atoms with Crippen molar-refractivity contribution in [1.29, 1.82) is 0 Å². The van der Waals surface area contributed by atoms with Crippen LogP contribution in [0.1, 0.15) is 64.1 Å². The van der Waals surface area contributed by atoms with Gasteiger partial charge in [-0.05, 0) is 51.5 Å². The van der Waals surface area contributed by atoms with Gasteiger partial charge in [-0.25, -0.2) is 0 Å². The molecule has 0 saturated carbocycles. The Balaban J connectivity index is 1.86. The molecule has 0 spiro atoms. The van der Waals surface area contributed by atoms with Crippen molar-refractivity contribution in [3.8, 4) is 0 Å². The van der Waals surface area contributed by atoms with Crippen LogP contribution in [0.5, 0.6) is 0 Å². The number of allylic oxidation sites excluding steroid dienone is 1. The maximum absolute atomic E-state index is 6.26. The zero-order chi connectivity index (χ0) is 13.7. The highest BCUT2D eigenvalue weighted by Crippen LogP contribution is 2.21. The third kappa shape index (κ3) is 4.20. The zero-order valence-corrected chi connectivity index (χ0v) is 12.3. The summed E-state index contributed by atoms with van der Waals surface area (Å²) in [4.78, 5) is 0. The lowest BCUT2D eigenvalue weighted by Crippen LogP contribution is -2.24. The van der Waals surface area contributed by atoms with E-state index < -0.39 is 0 Å². The molecule has 3 nitrogen and oxygen atoms in total. The summed E-state index contributed by atoms with van der Waals surface area (Å²) in [5.74, 6) is 0. The molecule has 2 atom stereocenters. The van der Waals surface area contributed by atoms with E-state index in [-0.39, 0.29) is 6.04 Å². The van der Waals surface area contributed by atoms with Gasteiger partial charge in [0, 0.05) is 24.7 Å². The van der Waals surface area contributed by atoms with E-state index in [0.29, 0.717) is 6.04 Å². The minimum Gasteiger partial charge on any atom is -0.327 e. The molecule has 19 heavy (non-hydrogen) atoms. The highest BCUT2D eigenvalue weighted by atomic mass is 15.3. The smallest absolute Gasteiger partial charge is 0.0640 e. The predicted molar refractivity (Wildman–Crippen MR) is 80.1 cm³/mol. The first-order chi connectivity index (χ1) is 9.19. The van der Waals surface area contributed by atoms with Crippen LogP contribution in [0.4, 0.5) is 0 Å². The minimum absolute atomic E-state index is 0.213. The van der Waals surface area contributed by atoms with Crippen LogP contribution in [0, 0.1) is 0 Å². The highest BCUT2D eigenvalue weighted by Gasteiger charge is 2.12. The highest BCUT2D eigenvalue weighted by molar-refractivity contribution is 5.09. The van der Waals surface area contributed by atoms with Crippen molar-refractivity contribution < 1.29 is 0 Å². The Morgan fingerprint density at radius 1 is 1.37 bits per heavy atom. The van der Waals surface area contributed by atoms with Gasteiger partial charge in [0.05, 0.1) is 5.69 Å². The van der Waals surface area contributed by atoms with Crippen molar-refractivity contribution in [3.05, 3.63) is 29.6 Å². The fourth-order valence-corrected chi connectivity index (χ4v) is 2.69. The molecule has 0 radical (unpaired) electrons. The van der Waals surface area contributed by atoms with Gasteiger partial charge >= 0.3 is 0 Å². The fraction of sp³-hybridized carbons (Fsp3) is 0.688. The van der Waals surface area contributed by atoms with Crippen LogP contribution < -0.4 is 5.73 Å². The topological polar surface area (TPSA) is 43.8 Å². The molecule has 1 heterocycles. The van der Waals surface area contributed by atoms with Gasteiger partial charge < -0.3 is 5.73 Å². The SMILES string of the molecule is CCC(C)n1ccc(CC(N)CC2=CCCCC2)n1. The number of rotatable bonds is 6. The second-order valence-electron chi connectivity index (χ2n) is 5.82. The number of hydrogen-bond acceptors (Lipinski definition) is 2. The quantitative estimate of drug-likeness (QED) is 0.795. The number of aromatic nitrogens is 2. The van der Waals surface area contributed by atoms with Gasteiger partial charge in [-0.1, -0.05) is 18.6 Å². The Labute approximate surface area is 116 Å². The molecule has 1 aromatic rings. The van der Waals surface area contributed by atoms with Gasteiger partial charge in [0.2, 0.25) is 0 Å². The maximum Gasteiger partial charge on any atom is 0.0640 e.